The fourth-order valence-corrected chi connectivity index (χ4v) is 2.44. The zero-order valence-electron chi connectivity index (χ0n) is 11.3. The fraction of sp³-hybridized carbons (Fsp3) is 0.467. The largest absolute Gasteiger partial charge is 0.480 e. The highest BCUT2D eigenvalue weighted by molar-refractivity contribution is 5.97. The number of carboxylic acids is 1. The molecule has 1 heterocycles. The third-order valence-electron chi connectivity index (χ3n) is 3.62. The van der Waals surface area contributed by atoms with Crippen LogP contribution in [0, 0.1) is 0 Å². The van der Waals surface area contributed by atoms with Crippen LogP contribution in [-0.2, 0) is 4.79 Å². The second-order valence-electron chi connectivity index (χ2n) is 5.27. The minimum absolute atomic E-state index is 0.180. The Balaban J connectivity index is 2.17. The van der Waals surface area contributed by atoms with E-state index in [1.807, 2.05) is 12.1 Å². The molecule has 1 fully saturated rings. The SMILES string of the molecule is CC(C)c1ccc(C(=O)N2CCC[C@H]2C(=O)O)cc1. The quantitative estimate of drug-likeness (QED) is 0.909. The number of rotatable bonds is 3. The summed E-state index contributed by atoms with van der Waals surface area (Å²) in [4.78, 5) is 24.9. The van der Waals surface area contributed by atoms with Crippen molar-refractivity contribution in [3.8, 4) is 0 Å². The number of amides is 1. The lowest BCUT2D eigenvalue weighted by Crippen LogP contribution is -2.40. The number of carbonyl (C=O) groups excluding carboxylic acids is 1. The van der Waals surface area contributed by atoms with E-state index in [0.29, 0.717) is 24.4 Å². The van der Waals surface area contributed by atoms with Crippen LogP contribution in [0.2, 0.25) is 0 Å². The maximum absolute atomic E-state index is 12.3. The van der Waals surface area contributed by atoms with Crippen molar-refractivity contribution >= 4 is 11.9 Å². The summed E-state index contributed by atoms with van der Waals surface area (Å²) in [5.74, 6) is -0.674. The topological polar surface area (TPSA) is 57.6 Å². The number of carbonyl (C=O) groups is 2. The highest BCUT2D eigenvalue weighted by Gasteiger charge is 2.34. The monoisotopic (exact) mass is 261 g/mol. The standard InChI is InChI=1S/C15H19NO3/c1-10(2)11-5-7-12(8-6-11)14(17)16-9-3-4-13(16)15(18)19/h5-8,10,13H,3-4,9H2,1-2H3,(H,18,19)/t13-/m0/s1. The van der Waals surface area contributed by atoms with Crippen LogP contribution in [0.3, 0.4) is 0 Å². The van der Waals surface area contributed by atoms with Crippen LogP contribution in [0.5, 0.6) is 0 Å². The highest BCUT2D eigenvalue weighted by atomic mass is 16.4. The van der Waals surface area contributed by atoms with E-state index in [2.05, 4.69) is 13.8 Å². The number of hydrogen-bond acceptors (Lipinski definition) is 2. The Kier molecular flexibility index (Phi) is 3.88. The van der Waals surface area contributed by atoms with Gasteiger partial charge in [-0.05, 0) is 36.5 Å². The molecule has 19 heavy (non-hydrogen) atoms. The summed E-state index contributed by atoms with van der Waals surface area (Å²) in [7, 11) is 0. The van der Waals surface area contributed by atoms with Crippen LogP contribution in [0.25, 0.3) is 0 Å². The molecule has 0 radical (unpaired) electrons. The normalized spacial score (nSPS) is 18.9. The highest BCUT2D eigenvalue weighted by Crippen LogP contribution is 2.21. The van der Waals surface area contributed by atoms with Crippen LogP contribution < -0.4 is 0 Å². The number of benzene rings is 1. The summed E-state index contributed by atoms with van der Waals surface area (Å²) in [6.07, 6.45) is 1.30. The Morgan fingerprint density at radius 2 is 1.89 bits per heavy atom. The second kappa shape index (κ2) is 5.43. The molecular weight excluding hydrogens is 242 g/mol. The summed E-state index contributed by atoms with van der Waals surface area (Å²) >= 11 is 0. The minimum atomic E-state index is -0.912. The number of hydrogen-bond donors (Lipinski definition) is 1. The van der Waals surface area contributed by atoms with Crippen LogP contribution in [0.1, 0.15) is 48.5 Å². The molecule has 1 atom stereocenters. The van der Waals surface area contributed by atoms with Crippen molar-refractivity contribution in [3.05, 3.63) is 35.4 Å². The van der Waals surface area contributed by atoms with Gasteiger partial charge in [-0.15, -0.1) is 0 Å². The van der Waals surface area contributed by atoms with Gasteiger partial charge in [-0.1, -0.05) is 26.0 Å². The minimum Gasteiger partial charge on any atom is -0.480 e. The van der Waals surface area contributed by atoms with Crippen LogP contribution in [-0.4, -0.2) is 34.5 Å². The first kappa shape index (κ1) is 13.6. The molecule has 1 amide bonds. The molecule has 2 rings (SSSR count). The molecule has 1 aliphatic heterocycles. The van der Waals surface area contributed by atoms with E-state index in [1.54, 1.807) is 12.1 Å². The average molecular weight is 261 g/mol. The van der Waals surface area contributed by atoms with E-state index in [9.17, 15) is 9.59 Å². The smallest absolute Gasteiger partial charge is 0.326 e. The van der Waals surface area contributed by atoms with Gasteiger partial charge in [-0.3, -0.25) is 4.79 Å². The van der Waals surface area contributed by atoms with Gasteiger partial charge >= 0.3 is 5.97 Å². The van der Waals surface area contributed by atoms with E-state index < -0.39 is 12.0 Å². The van der Waals surface area contributed by atoms with Gasteiger partial charge in [0.25, 0.3) is 5.91 Å². The molecule has 4 heteroatoms. The Hall–Kier alpha value is -1.84. The van der Waals surface area contributed by atoms with Crippen molar-refractivity contribution in [2.75, 3.05) is 6.54 Å². The first-order chi connectivity index (χ1) is 9.00. The zero-order chi connectivity index (χ0) is 14.0. The molecule has 0 saturated carbocycles. The summed E-state index contributed by atoms with van der Waals surface area (Å²) in [5, 5.41) is 9.10. The van der Waals surface area contributed by atoms with Crippen molar-refractivity contribution in [3.63, 3.8) is 0 Å². The van der Waals surface area contributed by atoms with Gasteiger partial charge < -0.3 is 10.0 Å². The van der Waals surface area contributed by atoms with Gasteiger partial charge in [0.2, 0.25) is 0 Å². The fourth-order valence-electron chi connectivity index (χ4n) is 2.44. The average Bonchev–Trinajstić information content (AvgIpc) is 2.87. The van der Waals surface area contributed by atoms with Crippen LogP contribution >= 0.6 is 0 Å². The van der Waals surface area contributed by atoms with Gasteiger partial charge in [0.15, 0.2) is 0 Å². The van der Waals surface area contributed by atoms with Crippen LogP contribution in [0.15, 0.2) is 24.3 Å². The molecule has 0 spiro atoms. The first-order valence-corrected chi connectivity index (χ1v) is 6.64. The predicted molar refractivity (Wildman–Crippen MR) is 72.2 cm³/mol. The molecule has 1 N–H and O–H groups in total. The summed E-state index contributed by atoms with van der Waals surface area (Å²) in [6.45, 7) is 4.72. The predicted octanol–water partition coefficient (Wildman–Crippen LogP) is 2.50. The second-order valence-corrected chi connectivity index (χ2v) is 5.27. The maximum Gasteiger partial charge on any atom is 0.326 e. The van der Waals surface area contributed by atoms with E-state index in [4.69, 9.17) is 5.11 Å². The lowest BCUT2D eigenvalue weighted by molar-refractivity contribution is -0.141. The molecule has 4 nitrogen and oxygen atoms in total. The van der Waals surface area contributed by atoms with Crippen LogP contribution in [0.4, 0.5) is 0 Å². The van der Waals surface area contributed by atoms with E-state index >= 15 is 0 Å². The third-order valence-corrected chi connectivity index (χ3v) is 3.62. The molecule has 0 unspecified atom stereocenters. The molecular formula is C15H19NO3. The van der Waals surface area contributed by atoms with Gasteiger partial charge in [0.1, 0.15) is 6.04 Å². The molecule has 1 saturated heterocycles. The summed E-state index contributed by atoms with van der Waals surface area (Å²) < 4.78 is 0. The van der Waals surface area contributed by atoms with Gasteiger partial charge in [0.05, 0.1) is 0 Å². The number of likely N-dealkylation sites (tertiary alicyclic amines) is 1. The van der Waals surface area contributed by atoms with E-state index in [-0.39, 0.29) is 5.91 Å². The molecule has 1 aliphatic rings. The maximum atomic E-state index is 12.3. The van der Waals surface area contributed by atoms with Gasteiger partial charge in [0, 0.05) is 12.1 Å². The Labute approximate surface area is 113 Å². The molecule has 1 aromatic rings. The van der Waals surface area contributed by atoms with Crippen molar-refractivity contribution in [1.82, 2.24) is 4.90 Å². The van der Waals surface area contributed by atoms with E-state index in [1.165, 1.54) is 10.5 Å². The molecule has 0 aromatic heterocycles. The molecule has 0 bridgehead atoms. The lowest BCUT2D eigenvalue weighted by Gasteiger charge is -2.21. The number of nitrogens with zero attached hydrogens (tertiary/aromatic N) is 1. The lowest BCUT2D eigenvalue weighted by atomic mass is 10.0. The first-order valence-electron chi connectivity index (χ1n) is 6.64. The van der Waals surface area contributed by atoms with Gasteiger partial charge in [-0.2, -0.15) is 0 Å². The van der Waals surface area contributed by atoms with E-state index in [0.717, 1.165) is 6.42 Å². The molecule has 1 aromatic carbocycles. The van der Waals surface area contributed by atoms with Crippen molar-refractivity contribution in [2.45, 2.75) is 38.6 Å². The van der Waals surface area contributed by atoms with Gasteiger partial charge in [-0.25, -0.2) is 4.79 Å². The molecule has 0 aliphatic carbocycles. The summed E-state index contributed by atoms with van der Waals surface area (Å²) in [5.41, 5.74) is 1.74. The Morgan fingerprint density at radius 1 is 1.26 bits per heavy atom. The molecule has 102 valence electrons. The third kappa shape index (κ3) is 2.78. The number of carboxylic acid groups (broad SMARTS) is 1. The zero-order valence-corrected chi connectivity index (χ0v) is 11.3. The van der Waals surface area contributed by atoms with Crippen molar-refractivity contribution in [2.24, 2.45) is 0 Å². The summed E-state index contributed by atoms with van der Waals surface area (Å²) in [6, 6.07) is 6.77. The Bertz CT molecular complexity index is 479. The number of aliphatic carboxylic acids is 1. The van der Waals surface area contributed by atoms with Crippen molar-refractivity contribution < 1.29 is 14.7 Å². The van der Waals surface area contributed by atoms with Crippen molar-refractivity contribution in [1.29, 1.82) is 0 Å². The Morgan fingerprint density at radius 3 is 2.42 bits per heavy atom.